The minimum atomic E-state index is -0.423. The Morgan fingerprint density at radius 3 is 2.91 bits per heavy atom. The first-order valence-electron chi connectivity index (χ1n) is 7.44. The molecule has 0 bridgehead atoms. The van der Waals surface area contributed by atoms with Crippen LogP contribution in [-0.2, 0) is 9.53 Å². The van der Waals surface area contributed by atoms with Crippen LogP contribution in [0.4, 0.5) is 4.79 Å². The first-order valence-corrected chi connectivity index (χ1v) is 8.42. The number of aromatic nitrogens is 3. The Morgan fingerprint density at radius 2 is 2.26 bits per heavy atom. The molecule has 126 valence electrons. The Kier molecular flexibility index (Phi) is 5.64. The number of rotatable bonds is 6. The Morgan fingerprint density at radius 1 is 1.52 bits per heavy atom. The van der Waals surface area contributed by atoms with Crippen molar-refractivity contribution in [2.24, 2.45) is 0 Å². The fourth-order valence-electron chi connectivity index (χ4n) is 2.22. The molecule has 2 heterocycles. The molecule has 2 amide bonds. The number of amides is 2. The molecular weight excluding hydrogens is 318 g/mol. The fraction of sp³-hybridized carbons (Fsp3) is 0.571. The van der Waals surface area contributed by atoms with Crippen molar-refractivity contribution in [2.75, 3.05) is 12.4 Å². The number of ether oxygens (including phenoxy) is 1. The quantitative estimate of drug-likeness (QED) is 0.601. The van der Waals surface area contributed by atoms with Gasteiger partial charge in [-0.2, -0.15) is 0 Å². The van der Waals surface area contributed by atoms with Crippen LogP contribution in [0.2, 0.25) is 0 Å². The molecule has 1 aliphatic heterocycles. The molecule has 0 radical (unpaired) electrons. The van der Waals surface area contributed by atoms with Crippen LogP contribution in [0, 0.1) is 0 Å². The van der Waals surface area contributed by atoms with Crippen molar-refractivity contribution in [2.45, 2.75) is 44.9 Å². The van der Waals surface area contributed by atoms with Gasteiger partial charge in [-0.25, -0.2) is 9.59 Å². The molecule has 1 unspecified atom stereocenters. The molecule has 1 aliphatic rings. The summed E-state index contributed by atoms with van der Waals surface area (Å²) < 4.78 is 7.02. The molecule has 23 heavy (non-hydrogen) atoms. The maximum Gasteiger partial charge on any atom is 0.337 e. The summed E-state index contributed by atoms with van der Waals surface area (Å²) in [7, 11) is 0. The van der Waals surface area contributed by atoms with Gasteiger partial charge in [-0.1, -0.05) is 11.8 Å². The third kappa shape index (κ3) is 4.04. The van der Waals surface area contributed by atoms with Gasteiger partial charge < -0.3 is 19.9 Å². The average Bonchev–Trinajstić information content (AvgIpc) is 2.93. The van der Waals surface area contributed by atoms with Gasteiger partial charge in [-0.3, -0.25) is 0 Å². The third-order valence-electron chi connectivity index (χ3n) is 3.31. The first-order chi connectivity index (χ1) is 10.9. The lowest BCUT2D eigenvalue weighted by Gasteiger charge is -2.26. The van der Waals surface area contributed by atoms with Gasteiger partial charge in [0.2, 0.25) is 0 Å². The van der Waals surface area contributed by atoms with Gasteiger partial charge in [0.1, 0.15) is 6.33 Å². The van der Waals surface area contributed by atoms with Gasteiger partial charge in [0, 0.05) is 17.5 Å². The van der Waals surface area contributed by atoms with E-state index < -0.39 is 12.0 Å². The number of thioether (sulfide) groups is 1. The monoisotopic (exact) mass is 339 g/mol. The molecule has 0 spiro atoms. The van der Waals surface area contributed by atoms with Gasteiger partial charge in [-0.05, 0) is 27.7 Å². The van der Waals surface area contributed by atoms with E-state index in [-0.39, 0.29) is 18.7 Å². The van der Waals surface area contributed by atoms with Crippen molar-refractivity contribution < 1.29 is 14.3 Å². The molecule has 0 saturated heterocycles. The molecule has 9 heteroatoms. The molecule has 0 fully saturated rings. The van der Waals surface area contributed by atoms with Crippen molar-refractivity contribution in [3.05, 3.63) is 17.6 Å². The zero-order valence-corrected chi connectivity index (χ0v) is 14.4. The number of nitrogens with one attached hydrogen (secondary N) is 2. The molecule has 2 N–H and O–H groups in total. The molecular formula is C14H21N5O3S. The first kappa shape index (κ1) is 17.3. The highest BCUT2D eigenvalue weighted by atomic mass is 32.2. The van der Waals surface area contributed by atoms with Crippen LogP contribution >= 0.6 is 11.8 Å². The molecule has 1 atom stereocenters. The Balaban J connectivity index is 2.21. The largest absolute Gasteiger partial charge is 0.463 e. The summed E-state index contributed by atoms with van der Waals surface area (Å²) >= 11 is 1.41. The number of carbonyl (C=O) groups excluding carboxylic acids is 2. The van der Waals surface area contributed by atoms with E-state index in [4.69, 9.17) is 4.74 Å². The van der Waals surface area contributed by atoms with Gasteiger partial charge >= 0.3 is 12.0 Å². The number of urea groups is 1. The number of nitrogens with zero attached hydrogens (tertiary/aromatic N) is 3. The predicted octanol–water partition coefficient (Wildman–Crippen LogP) is 1.47. The summed E-state index contributed by atoms with van der Waals surface area (Å²) in [6.45, 7) is 7.85. The lowest BCUT2D eigenvalue weighted by molar-refractivity contribution is -0.138. The van der Waals surface area contributed by atoms with Crippen molar-refractivity contribution in [1.82, 2.24) is 25.4 Å². The smallest absolute Gasteiger partial charge is 0.337 e. The molecule has 1 aromatic rings. The number of esters is 1. The average molecular weight is 339 g/mol. The topological polar surface area (TPSA) is 98.1 Å². The van der Waals surface area contributed by atoms with E-state index in [1.807, 2.05) is 18.4 Å². The number of carbonyl (C=O) groups is 2. The lowest BCUT2D eigenvalue weighted by Crippen LogP contribution is -2.49. The lowest BCUT2D eigenvalue weighted by atomic mass is 10.1. The van der Waals surface area contributed by atoms with E-state index in [9.17, 15) is 9.59 Å². The molecule has 8 nitrogen and oxygen atoms in total. The fourth-order valence-corrected chi connectivity index (χ4v) is 3.23. The Labute approximate surface area is 139 Å². The van der Waals surface area contributed by atoms with Gasteiger partial charge in [-0.15, -0.1) is 10.2 Å². The summed E-state index contributed by atoms with van der Waals surface area (Å²) in [4.78, 5) is 23.8. The van der Waals surface area contributed by atoms with Crippen LogP contribution in [0.1, 0.15) is 33.7 Å². The van der Waals surface area contributed by atoms with Gasteiger partial charge in [0.25, 0.3) is 0 Å². The predicted molar refractivity (Wildman–Crippen MR) is 85.9 cm³/mol. The Bertz CT molecular complexity index is 626. The van der Waals surface area contributed by atoms with Crippen LogP contribution in [0.5, 0.6) is 0 Å². The van der Waals surface area contributed by atoms with E-state index in [0.29, 0.717) is 17.0 Å². The number of hydrogen-bond acceptors (Lipinski definition) is 6. The molecule has 0 aromatic carbocycles. The molecule has 0 aliphatic carbocycles. The summed E-state index contributed by atoms with van der Waals surface area (Å²) in [5.41, 5.74) is 0.984. The summed E-state index contributed by atoms with van der Waals surface area (Å²) in [5.74, 6) is -0.0226. The van der Waals surface area contributed by atoms with E-state index in [1.165, 1.54) is 11.8 Å². The maximum atomic E-state index is 12.1. The minimum Gasteiger partial charge on any atom is -0.463 e. The van der Waals surface area contributed by atoms with Gasteiger partial charge in [0.05, 0.1) is 18.2 Å². The standard InChI is InChI=1S/C14H21N5O3S/c1-5-22-12(20)11-9(4)16-13(21)17-10(11)6-23-14-18-15-7-19(14)8(2)3/h7-9H,5-6H2,1-4H3,(H2,16,17,21). The van der Waals surface area contributed by atoms with Crippen LogP contribution < -0.4 is 10.6 Å². The van der Waals surface area contributed by atoms with Crippen LogP contribution in [0.3, 0.4) is 0 Å². The van der Waals surface area contributed by atoms with Gasteiger partial charge in [0.15, 0.2) is 5.16 Å². The highest BCUT2D eigenvalue weighted by Crippen LogP contribution is 2.24. The highest BCUT2D eigenvalue weighted by Gasteiger charge is 2.29. The second kappa shape index (κ2) is 7.49. The summed E-state index contributed by atoms with van der Waals surface area (Å²) in [6, 6.07) is -0.500. The van der Waals surface area contributed by atoms with E-state index in [2.05, 4.69) is 20.8 Å². The molecule has 2 rings (SSSR count). The summed E-state index contributed by atoms with van der Waals surface area (Å²) in [5, 5.41) is 14.1. The van der Waals surface area contributed by atoms with E-state index in [0.717, 1.165) is 5.16 Å². The zero-order chi connectivity index (χ0) is 17.0. The van der Waals surface area contributed by atoms with Crippen LogP contribution in [0.15, 0.2) is 22.8 Å². The second-order valence-corrected chi connectivity index (χ2v) is 6.28. The summed E-state index contributed by atoms with van der Waals surface area (Å²) in [6.07, 6.45) is 1.66. The van der Waals surface area contributed by atoms with E-state index in [1.54, 1.807) is 20.2 Å². The van der Waals surface area contributed by atoms with Crippen molar-refractivity contribution in [3.63, 3.8) is 0 Å². The van der Waals surface area contributed by atoms with Crippen molar-refractivity contribution in [1.29, 1.82) is 0 Å². The zero-order valence-electron chi connectivity index (χ0n) is 13.6. The molecule has 1 aromatic heterocycles. The minimum absolute atomic E-state index is 0.229. The van der Waals surface area contributed by atoms with Crippen molar-refractivity contribution in [3.8, 4) is 0 Å². The normalized spacial score (nSPS) is 18.0. The third-order valence-corrected chi connectivity index (χ3v) is 4.29. The van der Waals surface area contributed by atoms with Crippen LogP contribution in [0.25, 0.3) is 0 Å². The SMILES string of the molecule is CCOC(=O)C1=C(CSc2nncn2C(C)C)NC(=O)NC1C. The maximum absolute atomic E-state index is 12.1. The highest BCUT2D eigenvalue weighted by molar-refractivity contribution is 7.99. The second-order valence-electron chi connectivity index (χ2n) is 5.34. The van der Waals surface area contributed by atoms with Crippen LogP contribution in [-0.4, -0.2) is 45.2 Å². The van der Waals surface area contributed by atoms with E-state index >= 15 is 0 Å². The molecule has 0 saturated carbocycles. The number of hydrogen-bond donors (Lipinski definition) is 2. The Hall–Kier alpha value is -2.03. The van der Waals surface area contributed by atoms with Crippen molar-refractivity contribution >= 4 is 23.8 Å².